The largest absolute Gasteiger partial charge is 0.550 e. The number of hydrogen-bond acceptors (Lipinski definition) is 6. The van der Waals surface area contributed by atoms with Crippen LogP contribution in [0.1, 0.15) is 6.42 Å². The monoisotopic (exact) mass is 293 g/mol. The molecule has 0 unspecified atom stereocenters. The standard InChI is InChI=1S/C13H14N2O4S/c1-15-12(18)10(7-11(16)17)20-13(15)14-8-3-5-9(19-2)6-4-8/h3-6,10H,7H2,1-2H3,(H,16,17)/p-1/t10-/m1/s1. The maximum Gasteiger partial charge on any atom is 0.242 e. The number of thioether (sulfide) groups is 1. The van der Waals surface area contributed by atoms with Crippen molar-refractivity contribution in [1.29, 1.82) is 0 Å². The predicted molar refractivity (Wildman–Crippen MR) is 73.9 cm³/mol. The third-order valence-electron chi connectivity index (χ3n) is 2.79. The summed E-state index contributed by atoms with van der Waals surface area (Å²) in [6, 6.07) is 7.05. The highest BCUT2D eigenvalue weighted by Gasteiger charge is 2.35. The second kappa shape index (κ2) is 5.96. The van der Waals surface area contributed by atoms with Crippen molar-refractivity contribution in [2.24, 2.45) is 4.99 Å². The number of methoxy groups -OCH3 is 1. The third-order valence-corrected chi connectivity index (χ3v) is 4.02. The van der Waals surface area contributed by atoms with Crippen LogP contribution in [0, 0.1) is 0 Å². The Morgan fingerprint density at radius 1 is 1.45 bits per heavy atom. The normalized spacial score (nSPS) is 20.5. The number of aliphatic imine (C=N–C) groups is 1. The van der Waals surface area contributed by atoms with Gasteiger partial charge in [-0.2, -0.15) is 0 Å². The lowest BCUT2D eigenvalue weighted by Crippen LogP contribution is -2.32. The molecule has 2 rings (SSSR count). The zero-order valence-electron chi connectivity index (χ0n) is 11.0. The average molecular weight is 293 g/mol. The van der Waals surface area contributed by atoms with Gasteiger partial charge in [0.05, 0.1) is 18.0 Å². The van der Waals surface area contributed by atoms with E-state index in [1.54, 1.807) is 38.4 Å². The molecule has 1 aromatic rings. The van der Waals surface area contributed by atoms with Gasteiger partial charge in [0, 0.05) is 19.4 Å². The van der Waals surface area contributed by atoms with E-state index >= 15 is 0 Å². The van der Waals surface area contributed by atoms with E-state index in [1.165, 1.54) is 4.90 Å². The number of rotatable bonds is 4. The van der Waals surface area contributed by atoms with E-state index in [0.29, 0.717) is 16.6 Å². The molecular weight excluding hydrogens is 280 g/mol. The highest BCUT2D eigenvalue weighted by atomic mass is 32.2. The first-order valence-electron chi connectivity index (χ1n) is 5.88. The summed E-state index contributed by atoms with van der Waals surface area (Å²) in [5.41, 5.74) is 0.669. The zero-order valence-corrected chi connectivity index (χ0v) is 11.8. The van der Waals surface area contributed by atoms with Crippen molar-refractivity contribution in [3.8, 4) is 5.75 Å². The third kappa shape index (κ3) is 3.11. The van der Waals surface area contributed by atoms with Gasteiger partial charge in [-0.15, -0.1) is 0 Å². The Morgan fingerprint density at radius 2 is 2.10 bits per heavy atom. The van der Waals surface area contributed by atoms with E-state index in [9.17, 15) is 14.7 Å². The highest BCUT2D eigenvalue weighted by Crippen LogP contribution is 2.30. The molecule has 106 valence electrons. The van der Waals surface area contributed by atoms with Gasteiger partial charge < -0.3 is 14.6 Å². The van der Waals surface area contributed by atoms with Gasteiger partial charge in [-0.25, -0.2) is 4.99 Å². The predicted octanol–water partition coefficient (Wildman–Crippen LogP) is 0.396. The summed E-state index contributed by atoms with van der Waals surface area (Å²) in [7, 11) is 3.15. The number of amidine groups is 1. The Morgan fingerprint density at radius 3 is 2.65 bits per heavy atom. The number of nitrogens with zero attached hydrogens (tertiary/aromatic N) is 2. The van der Waals surface area contributed by atoms with Crippen LogP contribution in [0.4, 0.5) is 5.69 Å². The maximum absolute atomic E-state index is 11.9. The number of amides is 1. The summed E-state index contributed by atoms with van der Waals surface area (Å²) in [6.45, 7) is 0. The lowest BCUT2D eigenvalue weighted by molar-refractivity contribution is -0.305. The van der Waals surface area contributed by atoms with Crippen molar-refractivity contribution in [1.82, 2.24) is 4.90 Å². The molecule has 6 nitrogen and oxygen atoms in total. The molecule has 1 aliphatic heterocycles. The Hall–Kier alpha value is -2.02. The number of ether oxygens (including phenoxy) is 1. The van der Waals surface area contributed by atoms with Crippen molar-refractivity contribution in [2.75, 3.05) is 14.2 Å². The molecule has 1 heterocycles. The summed E-state index contributed by atoms with van der Waals surface area (Å²) in [5, 5.41) is 10.4. The number of aliphatic carboxylic acids is 1. The van der Waals surface area contributed by atoms with Gasteiger partial charge in [-0.1, -0.05) is 11.8 Å². The van der Waals surface area contributed by atoms with E-state index in [4.69, 9.17) is 4.74 Å². The van der Waals surface area contributed by atoms with E-state index in [2.05, 4.69) is 4.99 Å². The number of hydrogen-bond donors (Lipinski definition) is 0. The van der Waals surface area contributed by atoms with Crippen molar-refractivity contribution < 1.29 is 19.4 Å². The Kier molecular flexibility index (Phi) is 4.29. The molecule has 7 heteroatoms. The summed E-state index contributed by atoms with van der Waals surface area (Å²) < 4.78 is 5.05. The van der Waals surface area contributed by atoms with Gasteiger partial charge in [-0.05, 0) is 24.3 Å². The SMILES string of the molecule is COc1ccc(N=C2S[C@H](CC(=O)[O-])C(=O)N2C)cc1. The van der Waals surface area contributed by atoms with Crippen LogP contribution >= 0.6 is 11.8 Å². The molecule has 1 atom stereocenters. The number of carbonyl (C=O) groups excluding carboxylic acids is 2. The molecule has 0 saturated carbocycles. The molecule has 0 aliphatic carbocycles. The molecule has 0 radical (unpaired) electrons. The van der Waals surface area contributed by atoms with Crippen molar-refractivity contribution in [3.05, 3.63) is 24.3 Å². The quantitative estimate of drug-likeness (QED) is 0.802. The lowest BCUT2D eigenvalue weighted by Gasteiger charge is -2.09. The van der Waals surface area contributed by atoms with Crippen molar-refractivity contribution >= 4 is 34.5 Å². The van der Waals surface area contributed by atoms with Gasteiger partial charge in [0.15, 0.2) is 5.17 Å². The van der Waals surface area contributed by atoms with Crippen molar-refractivity contribution in [3.63, 3.8) is 0 Å². The Balaban J connectivity index is 2.17. The topological polar surface area (TPSA) is 82.0 Å². The molecule has 1 aliphatic rings. The maximum atomic E-state index is 11.9. The fourth-order valence-corrected chi connectivity index (χ4v) is 2.85. The molecule has 0 N–H and O–H groups in total. The van der Waals surface area contributed by atoms with Crippen LogP contribution in [0.25, 0.3) is 0 Å². The molecule has 20 heavy (non-hydrogen) atoms. The molecule has 0 spiro atoms. The minimum absolute atomic E-state index is 0.272. The fraction of sp³-hybridized carbons (Fsp3) is 0.308. The van der Waals surface area contributed by atoms with Crippen LogP contribution in [0.2, 0.25) is 0 Å². The first kappa shape index (κ1) is 14.4. The number of carboxylic acid groups (broad SMARTS) is 1. The van der Waals surface area contributed by atoms with Crippen LogP contribution in [-0.2, 0) is 9.59 Å². The van der Waals surface area contributed by atoms with Gasteiger partial charge in [-0.3, -0.25) is 9.69 Å². The summed E-state index contributed by atoms with van der Waals surface area (Å²) >= 11 is 1.13. The number of carbonyl (C=O) groups is 2. The van der Waals surface area contributed by atoms with Crippen molar-refractivity contribution in [2.45, 2.75) is 11.7 Å². The summed E-state index contributed by atoms with van der Waals surface area (Å²) in [5.74, 6) is -0.798. The second-order valence-corrected chi connectivity index (χ2v) is 5.34. The van der Waals surface area contributed by atoms with Gasteiger partial charge in [0.2, 0.25) is 5.91 Å². The number of carboxylic acids is 1. The zero-order chi connectivity index (χ0) is 14.7. The van der Waals surface area contributed by atoms with Crippen LogP contribution in [0.15, 0.2) is 29.3 Å². The molecule has 0 aromatic heterocycles. The first-order chi connectivity index (χ1) is 9.51. The van der Waals surface area contributed by atoms with E-state index in [0.717, 1.165) is 11.8 Å². The molecular formula is C13H13N2O4S-. The first-order valence-corrected chi connectivity index (χ1v) is 6.76. The van der Waals surface area contributed by atoms with Crippen LogP contribution < -0.4 is 9.84 Å². The van der Waals surface area contributed by atoms with Gasteiger partial charge >= 0.3 is 0 Å². The van der Waals surface area contributed by atoms with E-state index in [1.807, 2.05) is 0 Å². The number of benzene rings is 1. The molecule has 0 bridgehead atoms. The fourth-order valence-electron chi connectivity index (χ4n) is 1.72. The van der Waals surface area contributed by atoms with E-state index < -0.39 is 11.2 Å². The second-order valence-electron chi connectivity index (χ2n) is 4.17. The van der Waals surface area contributed by atoms with Crippen LogP contribution in [0.3, 0.4) is 0 Å². The molecule has 1 amide bonds. The minimum Gasteiger partial charge on any atom is -0.550 e. The average Bonchev–Trinajstić information content (AvgIpc) is 2.67. The highest BCUT2D eigenvalue weighted by molar-refractivity contribution is 8.15. The van der Waals surface area contributed by atoms with Gasteiger partial charge in [0.1, 0.15) is 5.75 Å². The Labute approximate surface area is 120 Å². The summed E-state index contributed by atoms with van der Waals surface area (Å²) in [6.07, 6.45) is -0.310. The van der Waals surface area contributed by atoms with Gasteiger partial charge in [0.25, 0.3) is 0 Å². The molecule has 1 aromatic carbocycles. The smallest absolute Gasteiger partial charge is 0.242 e. The van der Waals surface area contributed by atoms with Crippen LogP contribution in [-0.4, -0.2) is 41.4 Å². The van der Waals surface area contributed by atoms with Crippen LogP contribution in [0.5, 0.6) is 5.75 Å². The summed E-state index contributed by atoms with van der Waals surface area (Å²) in [4.78, 5) is 28.2. The van der Waals surface area contributed by atoms with E-state index in [-0.39, 0.29) is 12.3 Å². The Bertz CT molecular complexity index is 556. The minimum atomic E-state index is -1.24. The molecule has 1 saturated heterocycles. The lowest BCUT2D eigenvalue weighted by atomic mass is 10.3. The molecule has 1 fully saturated rings.